The van der Waals surface area contributed by atoms with E-state index in [1.165, 1.54) is 4.57 Å². The lowest BCUT2D eigenvalue weighted by molar-refractivity contribution is -0.132. The monoisotopic (exact) mass is 344 g/mol. The van der Waals surface area contributed by atoms with Crippen LogP contribution in [-0.2, 0) is 16.1 Å². The van der Waals surface area contributed by atoms with E-state index in [9.17, 15) is 19.2 Å². The van der Waals surface area contributed by atoms with Crippen LogP contribution >= 0.6 is 0 Å². The van der Waals surface area contributed by atoms with Gasteiger partial charge in [0.2, 0.25) is 11.8 Å². The van der Waals surface area contributed by atoms with Gasteiger partial charge in [0, 0.05) is 26.1 Å². The Kier molecular flexibility index (Phi) is 4.97. The quantitative estimate of drug-likeness (QED) is 0.785. The number of aromatic nitrogens is 2. The maximum atomic E-state index is 12.0. The van der Waals surface area contributed by atoms with Gasteiger partial charge in [-0.3, -0.25) is 23.9 Å². The number of hydrogen-bond donors (Lipinski definition) is 2. The molecule has 0 radical (unpaired) electrons. The van der Waals surface area contributed by atoms with Gasteiger partial charge in [0.25, 0.3) is 5.56 Å². The molecule has 1 saturated heterocycles. The number of H-pyrrole nitrogens is 1. The maximum absolute atomic E-state index is 12.0. The van der Waals surface area contributed by atoms with E-state index in [0.29, 0.717) is 10.9 Å². The minimum atomic E-state index is -0.551. The van der Waals surface area contributed by atoms with E-state index < -0.39 is 11.2 Å². The molecule has 8 nitrogen and oxygen atoms in total. The van der Waals surface area contributed by atoms with Gasteiger partial charge in [-0.25, -0.2) is 4.79 Å². The van der Waals surface area contributed by atoms with Crippen LogP contribution in [0, 0.1) is 0 Å². The van der Waals surface area contributed by atoms with Gasteiger partial charge in [-0.05, 0) is 25.0 Å². The number of aromatic amines is 1. The summed E-state index contributed by atoms with van der Waals surface area (Å²) in [4.78, 5) is 51.7. The molecule has 2 heterocycles. The number of nitrogens with zero attached hydrogens (tertiary/aromatic N) is 2. The van der Waals surface area contributed by atoms with Gasteiger partial charge in [0.05, 0.1) is 17.4 Å². The van der Waals surface area contributed by atoms with Crippen molar-refractivity contribution < 1.29 is 9.59 Å². The van der Waals surface area contributed by atoms with Crippen molar-refractivity contribution in [1.29, 1.82) is 0 Å². The molecule has 0 unspecified atom stereocenters. The number of nitrogens with one attached hydrogen (secondary N) is 2. The normalized spacial score (nSPS) is 14.0. The summed E-state index contributed by atoms with van der Waals surface area (Å²) in [5.74, 6) is -0.396. The van der Waals surface area contributed by atoms with Gasteiger partial charge in [0.15, 0.2) is 0 Å². The van der Waals surface area contributed by atoms with E-state index in [1.807, 2.05) is 0 Å². The molecular formula is C17H20N4O4. The fraction of sp³-hybridized carbons (Fsp3) is 0.412. The number of amides is 2. The summed E-state index contributed by atoms with van der Waals surface area (Å²) in [7, 11) is 0. The average molecular weight is 344 g/mol. The second-order valence-electron chi connectivity index (χ2n) is 6.04. The Morgan fingerprint density at radius 3 is 2.60 bits per heavy atom. The molecule has 1 aromatic heterocycles. The number of para-hydroxylation sites is 1. The van der Waals surface area contributed by atoms with Crippen molar-refractivity contribution in [3.63, 3.8) is 0 Å². The molecule has 1 aliphatic rings. The minimum absolute atomic E-state index is 0.0277. The number of likely N-dealkylation sites (tertiary alicyclic amines) is 1. The molecule has 1 aromatic carbocycles. The van der Waals surface area contributed by atoms with Gasteiger partial charge in [0.1, 0.15) is 0 Å². The largest absolute Gasteiger partial charge is 0.347 e. The second kappa shape index (κ2) is 7.33. The SMILES string of the molecule is O=C(CCn1c(=O)[nH]c(=O)c2ccccc21)NCC(=O)N1CCCC1. The van der Waals surface area contributed by atoms with Crippen LogP contribution in [0.15, 0.2) is 33.9 Å². The summed E-state index contributed by atoms with van der Waals surface area (Å²) in [6, 6.07) is 6.73. The zero-order valence-corrected chi connectivity index (χ0v) is 13.8. The van der Waals surface area contributed by atoms with Crippen molar-refractivity contribution in [2.24, 2.45) is 0 Å². The van der Waals surface area contributed by atoms with Crippen LogP contribution in [0.4, 0.5) is 0 Å². The van der Waals surface area contributed by atoms with Crippen molar-refractivity contribution in [1.82, 2.24) is 19.8 Å². The predicted molar refractivity (Wildman–Crippen MR) is 92.3 cm³/mol. The van der Waals surface area contributed by atoms with Crippen LogP contribution in [0.25, 0.3) is 10.9 Å². The molecule has 0 bridgehead atoms. The number of benzene rings is 1. The number of carbonyl (C=O) groups is 2. The summed E-state index contributed by atoms with van der Waals surface area (Å²) < 4.78 is 1.36. The van der Waals surface area contributed by atoms with Crippen molar-refractivity contribution in [2.75, 3.05) is 19.6 Å². The Hall–Kier alpha value is -2.90. The van der Waals surface area contributed by atoms with Crippen molar-refractivity contribution in [3.8, 4) is 0 Å². The van der Waals surface area contributed by atoms with Gasteiger partial charge >= 0.3 is 5.69 Å². The van der Waals surface area contributed by atoms with Crippen LogP contribution in [0.1, 0.15) is 19.3 Å². The number of carbonyl (C=O) groups excluding carboxylic acids is 2. The number of fused-ring (bicyclic) bond motifs is 1. The second-order valence-corrected chi connectivity index (χ2v) is 6.04. The molecule has 1 aliphatic heterocycles. The molecule has 0 atom stereocenters. The van der Waals surface area contributed by atoms with E-state index >= 15 is 0 Å². The van der Waals surface area contributed by atoms with E-state index in [0.717, 1.165) is 25.9 Å². The van der Waals surface area contributed by atoms with Crippen molar-refractivity contribution in [3.05, 3.63) is 45.1 Å². The summed E-state index contributed by atoms with van der Waals surface area (Å²) in [6.45, 7) is 1.58. The molecule has 1 fully saturated rings. The summed E-state index contributed by atoms with van der Waals surface area (Å²) >= 11 is 0. The predicted octanol–water partition coefficient (Wildman–Crippen LogP) is -0.182. The first-order chi connectivity index (χ1) is 12.1. The first kappa shape index (κ1) is 16.9. The lowest BCUT2D eigenvalue weighted by Gasteiger charge is -2.15. The number of rotatable bonds is 5. The summed E-state index contributed by atoms with van der Waals surface area (Å²) in [6.07, 6.45) is 2.05. The molecule has 0 aliphatic carbocycles. The molecular weight excluding hydrogens is 324 g/mol. The van der Waals surface area contributed by atoms with Gasteiger partial charge in [-0.15, -0.1) is 0 Å². The van der Waals surface area contributed by atoms with Gasteiger partial charge in [-0.1, -0.05) is 12.1 Å². The Labute approximate surface area is 143 Å². The van der Waals surface area contributed by atoms with E-state index in [2.05, 4.69) is 10.3 Å². The van der Waals surface area contributed by atoms with Crippen LogP contribution in [0.5, 0.6) is 0 Å². The van der Waals surface area contributed by atoms with Crippen LogP contribution in [0.2, 0.25) is 0 Å². The third kappa shape index (κ3) is 3.78. The molecule has 2 N–H and O–H groups in total. The molecule has 3 rings (SSSR count). The highest BCUT2D eigenvalue weighted by atomic mass is 16.2. The third-order valence-corrected chi connectivity index (χ3v) is 4.36. The first-order valence-corrected chi connectivity index (χ1v) is 8.32. The highest BCUT2D eigenvalue weighted by molar-refractivity contribution is 5.85. The van der Waals surface area contributed by atoms with Crippen LogP contribution in [0.3, 0.4) is 0 Å². The zero-order valence-electron chi connectivity index (χ0n) is 13.8. The smallest absolute Gasteiger partial charge is 0.328 e. The topological polar surface area (TPSA) is 104 Å². The van der Waals surface area contributed by atoms with Crippen LogP contribution in [-0.4, -0.2) is 45.9 Å². The van der Waals surface area contributed by atoms with Crippen molar-refractivity contribution >= 4 is 22.7 Å². The van der Waals surface area contributed by atoms with Crippen LogP contribution < -0.4 is 16.6 Å². The van der Waals surface area contributed by atoms with E-state index in [-0.39, 0.29) is 31.3 Å². The molecule has 0 spiro atoms. The third-order valence-electron chi connectivity index (χ3n) is 4.36. The molecule has 2 amide bonds. The standard InChI is InChI=1S/C17H20N4O4/c22-14(18-11-15(23)20-8-3-4-9-20)7-10-21-13-6-2-1-5-12(13)16(24)19-17(21)25/h1-2,5-6H,3-4,7-11H2,(H,18,22)(H,19,24,25). The lowest BCUT2D eigenvalue weighted by Crippen LogP contribution is -2.39. The molecule has 0 saturated carbocycles. The zero-order chi connectivity index (χ0) is 17.8. The van der Waals surface area contributed by atoms with Gasteiger partial charge in [-0.2, -0.15) is 0 Å². The lowest BCUT2D eigenvalue weighted by atomic mass is 10.2. The molecule has 8 heteroatoms. The summed E-state index contributed by atoms with van der Waals surface area (Å²) in [5.41, 5.74) is -0.514. The maximum Gasteiger partial charge on any atom is 0.328 e. The number of aryl methyl sites for hydroxylation is 1. The fourth-order valence-electron chi connectivity index (χ4n) is 3.02. The Bertz CT molecular complexity index is 909. The minimum Gasteiger partial charge on any atom is -0.347 e. The fourth-order valence-corrected chi connectivity index (χ4v) is 3.02. The Morgan fingerprint density at radius 1 is 1.12 bits per heavy atom. The summed E-state index contributed by atoms with van der Waals surface area (Å²) in [5, 5.41) is 2.99. The Balaban J connectivity index is 1.62. The van der Waals surface area contributed by atoms with E-state index in [4.69, 9.17) is 0 Å². The highest BCUT2D eigenvalue weighted by Gasteiger charge is 2.18. The number of hydrogen-bond acceptors (Lipinski definition) is 4. The molecule has 2 aromatic rings. The Morgan fingerprint density at radius 2 is 1.84 bits per heavy atom. The average Bonchev–Trinajstić information content (AvgIpc) is 3.14. The van der Waals surface area contributed by atoms with Crippen molar-refractivity contribution in [2.45, 2.75) is 25.8 Å². The molecule has 132 valence electrons. The molecule has 25 heavy (non-hydrogen) atoms. The van der Waals surface area contributed by atoms with Gasteiger partial charge < -0.3 is 10.2 Å². The highest BCUT2D eigenvalue weighted by Crippen LogP contribution is 2.08. The van der Waals surface area contributed by atoms with E-state index in [1.54, 1.807) is 29.2 Å². The first-order valence-electron chi connectivity index (χ1n) is 8.32.